The van der Waals surface area contributed by atoms with E-state index in [-0.39, 0.29) is 5.54 Å². The zero-order chi connectivity index (χ0) is 12.9. The van der Waals surface area contributed by atoms with Gasteiger partial charge in [-0.15, -0.1) is 11.6 Å². The number of ether oxygens (including phenoxy) is 1. The van der Waals surface area contributed by atoms with E-state index in [2.05, 4.69) is 29.1 Å². The summed E-state index contributed by atoms with van der Waals surface area (Å²) in [6.45, 7) is 8.53. The first-order chi connectivity index (χ1) is 8.03. The molecule has 1 heterocycles. The van der Waals surface area contributed by atoms with Crippen LogP contribution in [0, 0.1) is 6.92 Å². The zero-order valence-corrected chi connectivity index (χ0v) is 11.6. The minimum atomic E-state index is -0.161. The van der Waals surface area contributed by atoms with Crippen LogP contribution in [-0.4, -0.2) is 28.0 Å². The zero-order valence-electron chi connectivity index (χ0n) is 10.9. The van der Waals surface area contributed by atoms with Crippen molar-refractivity contribution in [2.45, 2.75) is 39.7 Å². The summed E-state index contributed by atoms with van der Waals surface area (Å²) >= 11 is 5.96. The molecule has 4 nitrogen and oxygen atoms in total. The highest BCUT2D eigenvalue weighted by Gasteiger charge is 2.21. The summed E-state index contributed by atoms with van der Waals surface area (Å²) in [6.07, 6.45) is 0.920. The van der Waals surface area contributed by atoms with Gasteiger partial charge in [-0.25, -0.2) is 4.98 Å². The topological polar surface area (TPSA) is 47.0 Å². The van der Waals surface area contributed by atoms with Gasteiger partial charge in [0, 0.05) is 17.5 Å². The number of aromatic nitrogens is 2. The first-order valence-electron chi connectivity index (χ1n) is 5.85. The molecule has 0 radical (unpaired) electrons. The van der Waals surface area contributed by atoms with Gasteiger partial charge in [-0.05, 0) is 27.2 Å². The average molecular weight is 258 g/mol. The third kappa shape index (κ3) is 4.04. The first-order valence-corrected chi connectivity index (χ1v) is 6.39. The largest absolute Gasteiger partial charge is 0.478 e. The predicted octanol–water partition coefficient (Wildman–Crippen LogP) is 3.00. The predicted molar refractivity (Wildman–Crippen MR) is 71.0 cm³/mol. The summed E-state index contributed by atoms with van der Waals surface area (Å²) in [7, 11) is 0. The van der Waals surface area contributed by atoms with E-state index in [9.17, 15) is 0 Å². The smallest absolute Gasteiger partial charge is 0.218 e. The highest BCUT2D eigenvalue weighted by Crippen LogP contribution is 2.21. The Bertz CT molecular complexity index is 367. The molecule has 1 rings (SSSR count). The monoisotopic (exact) mass is 257 g/mol. The van der Waals surface area contributed by atoms with Crippen molar-refractivity contribution >= 4 is 17.4 Å². The van der Waals surface area contributed by atoms with Crippen LogP contribution in [-0.2, 0) is 0 Å². The van der Waals surface area contributed by atoms with Crippen molar-refractivity contribution < 1.29 is 4.74 Å². The van der Waals surface area contributed by atoms with Crippen LogP contribution in [0.25, 0.3) is 0 Å². The molecule has 1 N–H and O–H groups in total. The fourth-order valence-electron chi connectivity index (χ4n) is 1.35. The van der Waals surface area contributed by atoms with E-state index in [0.717, 1.165) is 12.2 Å². The van der Waals surface area contributed by atoms with Crippen molar-refractivity contribution in [1.82, 2.24) is 9.97 Å². The van der Waals surface area contributed by atoms with Crippen molar-refractivity contribution in [1.29, 1.82) is 0 Å². The fraction of sp³-hybridized carbons (Fsp3) is 0.667. The minimum Gasteiger partial charge on any atom is -0.478 e. The molecule has 0 saturated heterocycles. The maximum atomic E-state index is 5.96. The lowest BCUT2D eigenvalue weighted by Crippen LogP contribution is -2.36. The van der Waals surface area contributed by atoms with Crippen LogP contribution in [0.15, 0.2) is 6.07 Å². The summed E-state index contributed by atoms with van der Waals surface area (Å²) in [6, 6.07) is 1.80. The number of hydrogen-bond donors (Lipinski definition) is 1. The lowest BCUT2D eigenvalue weighted by molar-refractivity contribution is 0.325. The molecule has 0 aliphatic heterocycles. The SMILES string of the molecule is CCOc1cc(NC(C)(CC)CCl)nc(C)n1. The van der Waals surface area contributed by atoms with Crippen molar-refractivity contribution in [3.05, 3.63) is 11.9 Å². The molecular formula is C12H20ClN3O. The fourth-order valence-corrected chi connectivity index (χ4v) is 1.61. The number of alkyl halides is 1. The quantitative estimate of drug-likeness (QED) is 0.796. The van der Waals surface area contributed by atoms with E-state index in [4.69, 9.17) is 16.3 Å². The van der Waals surface area contributed by atoms with Crippen LogP contribution in [0.4, 0.5) is 5.82 Å². The van der Waals surface area contributed by atoms with E-state index in [1.54, 1.807) is 6.07 Å². The Labute approximate surface area is 108 Å². The molecule has 5 heteroatoms. The van der Waals surface area contributed by atoms with Crippen molar-refractivity contribution in [2.24, 2.45) is 0 Å². The number of nitrogens with one attached hydrogen (secondary N) is 1. The second-order valence-electron chi connectivity index (χ2n) is 4.24. The molecule has 0 aliphatic rings. The van der Waals surface area contributed by atoms with Gasteiger partial charge in [0.1, 0.15) is 11.6 Å². The molecule has 17 heavy (non-hydrogen) atoms. The molecule has 0 bridgehead atoms. The van der Waals surface area contributed by atoms with E-state index >= 15 is 0 Å². The highest BCUT2D eigenvalue weighted by atomic mass is 35.5. The second-order valence-corrected chi connectivity index (χ2v) is 4.51. The van der Waals surface area contributed by atoms with E-state index in [0.29, 0.717) is 24.2 Å². The van der Waals surface area contributed by atoms with Crippen molar-refractivity contribution in [3.8, 4) is 5.88 Å². The second kappa shape index (κ2) is 6.05. The molecule has 0 spiro atoms. The van der Waals surface area contributed by atoms with Gasteiger partial charge in [-0.1, -0.05) is 6.92 Å². The molecule has 0 fully saturated rings. The van der Waals surface area contributed by atoms with Gasteiger partial charge < -0.3 is 10.1 Å². The van der Waals surface area contributed by atoms with E-state index in [1.807, 2.05) is 13.8 Å². The maximum absolute atomic E-state index is 5.96. The normalized spacial score (nSPS) is 14.2. The van der Waals surface area contributed by atoms with Gasteiger partial charge in [-0.2, -0.15) is 4.98 Å². The number of nitrogens with zero attached hydrogens (tertiary/aromatic N) is 2. The molecule has 0 aliphatic carbocycles. The van der Waals surface area contributed by atoms with Gasteiger partial charge in [0.05, 0.1) is 6.61 Å². The number of aryl methyl sites for hydroxylation is 1. The molecule has 1 atom stereocenters. The lowest BCUT2D eigenvalue weighted by atomic mass is 10.0. The van der Waals surface area contributed by atoms with E-state index in [1.165, 1.54) is 0 Å². The third-order valence-corrected chi connectivity index (χ3v) is 3.20. The Kier molecular flexibility index (Phi) is 5.00. The number of rotatable bonds is 6. The summed E-state index contributed by atoms with van der Waals surface area (Å²) in [5.41, 5.74) is -0.161. The molecule has 0 saturated carbocycles. The molecular weight excluding hydrogens is 238 g/mol. The summed E-state index contributed by atoms with van der Waals surface area (Å²) in [5.74, 6) is 2.56. The van der Waals surface area contributed by atoms with Crippen LogP contribution >= 0.6 is 11.6 Å². The van der Waals surface area contributed by atoms with Gasteiger partial charge in [-0.3, -0.25) is 0 Å². The van der Waals surface area contributed by atoms with Crippen LogP contribution in [0.2, 0.25) is 0 Å². The first kappa shape index (κ1) is 14.0. The molecule has 1 aromatic rings. The average Bonchev–Trinajstić information content (AvgIpc) is 2.28. The number of halogens is 1. The van der Waals surface area contributed by atoms with Crippen molar-refractivity contribution in [3.63, 3.8) is 0 Å². The molecule has 1 aromatic heterocycles. The van der Waals surface area contributed by atoms with Gasteiger partial charge in [0.2, 0.25) is 5.88 Å². The van der Waals surface area contributed by atoms with Gasteiger partial charge in [0.15, 0.2) is 0 Å². The Morgan fingerprint density at radius 3 is 2.65 bits per heavy atom. The molecule has 0 aromatic carbocycles. The van der Waals surface area contributed by atoms with Crippen LogP contribution in [0.1, 0.15) is 33.0 Å². The van der Waals surface area contributed by atoms with Gasteiger partial charge >= 0.3 is 0 Å². The standard InChI is InChI=1S/C12H20ClN3O/c1-5-12(4,8-13)16-10-7-11(17-6-2)15-9(3)14-10/h7H,5-6,8H2,1-4H3,(H,14,15,16). The minimum absolute atomic E-state index is 0.161. The summed E-state index contributed by atoms with van der Waals surface area (Å²) in [4.78, 5) is 8.54. The van der Waals surface area contributed by atoms with E-state index < -0.39 is 0 Å². The highest BCUT2D eigenvalue weighted by molar-refractivity contribution is 6.18. The molecule has 1 unspecified atom stereocenters. The maximum Gasteiger partial charge on any atom is 0.218 e. The van der Waals surface area contributed by atoms with Crippen LogP contribution in [0.3, 0.4) is 0 Å². The van der Waals surface area contributed by atoms with Crippen LogP contribution < -0.4 is 10.1 Å². The Morgan fingerprint density at radius 1 is 1.41 bits per heavy atom. The molecule has 96 valence electrons. The van der Waals surface area contributed by atoms with Gasteiger partial charge in [0.25, 0.3) is 0 Å². The Morgan fingerprint density at radius 2 is 2.12 bits per heavy atom. The van der Waals surface area contributed by atoms with Crippen LogP contribution in [0.5, 0.6) is 5.88 Å². The summed E-state index contributed by atoms with van der Waals surface area (Å²) < 4.78 is 5.39. The number of anilines is 1. The Hall–Kier alpha value is -1.03. The summed E-state index contributed by atoms with van der Waals surface area (Å²) in [5, 5.41) is 3.33. The lowest BCUT2D eigenvalue weighted by Gasteiger charge is -2.27. The van der Waals surface area contributed by atoms with Crippen molar-refractivity contribution in [2.75, 3.05) is 17.8 Å². The molecule has 0 amide bonds. The number of hydrogen-bond acceptors (Lipinski definition) is 4. The third-order valence-electron chi connectivity index (χ3n) is 2.61. The Balaban J connectivity index is 2.90.